The van der Waals surface area contributed by atoms with Crippen LogP contribution in [0.2, 0.25) is 5.04 Å². The van der Waals surface area contributed by atoms with Gasteiger partial charge in [0, 0.05) is 12.3 Å². The van der Waals surface area contributed by atoms with Crippen molar-refractivity contribution in [1.29, 1.82) is 0 Å². The van der Waals surface area contributed by atoms with Gasteiger partial charge in [0.05, 0.1) is 0 Å². The number of nitrogen functional groups attached to an aromatic ring is 1. The molecule has 3 rings (SSSR count). The molecule has 3 aromatic carbocycles. The van der Waals surface area contributed by atoms with Crippen molar-refractivity contribution < 1.29 is 4.43 Å². The largest absolute Gasteiger partial charge is 0.407 e. The van der Waals surface area contributed by atoms with E-state index in [9.17, 15) is 0 Å². The van der Waals surface area contributed by atoms with Gasteiger partial charge in [-0.2, -0.15) is 0 Å². The molecule has 3 aromatic rings. The van der Waals surface area contributed by atoms with Gasteiger partial charge in [-0.15, -0.1) is 0 Å². The van der Waals surface area contributed by atoms with Crippen molar-refractivity contribution in [1.82, 2.24) is 0 Å². The fourth-order valence-electron chi connectivity index (χ4n) is 3.77. The van der Waals surface area contributed by atoms with Crippen molar-refractivity contribution in [2.75, 3.05) is 12.3 Å². The molecule has 0 aromatic heterocycles. The van der Waals surface area contributed by atoms with Gasteiger partial charge < -0.3 is 10.2 Å². The van der Waals surface area contributed by atoms with E-state index in [1.807, 2.05) is 12.1 Å². The highest BCUT2D eigenvalue weighted by molar-refractivity contribution is 6.99. The topological polar surface area (TPSA) is 35.2 Å². The normalized spacial score (nSPS) is 12.1. The molecule has 0 heterocycles. The average molecular weight is 376 g/mol. The van der Waals surface area contributed by atoms with Crippen LogP contribution >= 0.6 is 0 Å². The molecule has 0 spiro atoms. The van der Waals surface area contributed by atoms with Gasteiger partial charge in [-0.25, -0.2) is 0 Å². The number of nitrogens with two attached hydrogens (primary N) is 1. The summed E-state index contributed by atoms with van der Waals surface area (Å²) in [6.07, 6.45) is 0.880. The molecule has 0 bridgehead atoms. The third-order valence-electron chi connectivity index (χ3n) is 5.11. The van der Waals surface area contributed by atoms with Crippen molar-refractivity contribution in [2.45, 2.75) is 32.2 Å². The van der Waals surface area contributed by atoms with Crippen LogP contribution in [-0.4, -0.2) is 14.9 Å². The second kappa shape index (κ2) is 8.11. The minimum Gasteiger partial charge on any atom is -0.407 e. The standard InChI is InChI=1S/C24H29NOSi/c1-24(2,3)27(22-10-6-4-7-11-22,23-12-8-5-9-13-23)26-19-18-20-14-16-21(25)17-15-20/h4-17H,18-19,25H2,1-3H3. The third kappa shape index (κ3) is 4.15. The minimum atomic E-state index is -2.44. The van der Waals surface area contributed by atoms with E-state index in [0.717, 1.165) is 12.1 Å². The smallest absolute Gasteiger partial charge is 0.261 e. The predicted molar refractivity (Wildman–Crippen MR) is 118 cm³/mol. The molecule has 0 fully saturated rings. The van der Waals surface area contributed by atoms with E-state index in [-0.39, 0.29) is 5.04 Å². The van der Waals surface area contributed by atoms with Crippen molar-refractivity contribution in [2.24, 2.45) is 0 Å². The van der Waals surface area contributed by atoms with Gasteiger partial charge in [-0.3, -0.25) is 0 Å². The fraction of sp³-hybridized carbons (Fsp3) is 0.250. The maximum absolute atomic E-state index is 6.91. The molecule has 0 saturated heterocycles. The van der Waals surface area contributed by atoms with E-state index in [1.54, 1.807) is 0 Å². The van der Waals surface area contributed by atoms with Crippen LogP contribution in [0.15, 0.2) is 84.9 Å². The van der Waals surface area contributed by atoms with Crippen molar-refractivity contribution in [3.05, 3.63) is 90.5 Å². The Morgan fingerprint density at radius 3 is 1.67 bits per heavy atom. The number of anilines is 1. The molecule has 0 saturated carbocycles. The highest BCUT2D eigenvalue weighted by atomic mass is 28.4. The van der Waals surface area contributed by atoms with E-state index in [0.29, 0.717) is 6.61 Å². The molecule has 0 unspecified atom stereocenters. The Kier molecular flexibility index (Phi) is 5.83. The lowest BCUT2D eigenvalue weighted by atomic mass is 10.1. The summed E-state index contributed by atoms with van der Waals surface area (Å²) in [5.74, 6) is 0. The fourth-order valence-corrected chi connectivity index (χ4v) is 8.33. The molecule has 0 amide bonds. The molecule has 140 valence electrons. The van der Waals surface area contributed by atoms with Crippen LogP contribution in [0.4, 0.5) is 5.69 Å². The maximum Gasteiger partial charge on any atom is 0.261 e. The van der Waals surface area contributed by atoms with Crippen LogP contribution in [0.25, 0.3) is 0 Å². The number of benzene rings is 3. The first kappa shape index (κ1) is 19.4. The minimum absolute atomic E-state index is 0.0107. The first-order valence-corrected chi connectivity index (χ1v) is 11.4. The summed E-state index contributed by atoms with van der Waals surface area (Å²) in [5.41, 5.74) is 7.86. The Hall–Kier alpha value is -2.36. The molecule has 27 heavy (non-hydrogen) atoms. The second-order valence-corrected chi connectivity index (χ2v) is 12.3. The van der Waals surface area contributed by atoms with Crippen LogP contribution in [0.3, 0.4) is 0 Å². The lowest BCUT2D eigenvalue weighted by molar-refractivity contribution is 0.302. The Morgan fingerprint density at radius 2 is 1.22 bits per heavy atom. The van der Waals surface area contributed by atoms with Gasteiger partial charge >= 0.3 is 0 Å². The summed E-state index contributed by atoms with van der Waals surface area (Å²) in [4.78, 5) is 0. The lowest BCUT2D eigenvalue weighted by Gasteiger charge is -2.43. The van der Waals surface area contributed by atoms with E-state index in [1.165, 1.54) is 15.9 Å². The quantitative estimate of drug-likeness (QED) is 0.512. The Bertz CT molecular complexity index is 800. The van der Waals surface area contributed by atoms with Gasteiger partial charge in [-0.1, -0.05) is 93.6 Å². The van der Waals surface area contributed by atoms with Crippen LogP contribution in [0.5, 0.6) is 0 Å². The summed E-state index contributed by atoms with van der Waals surface area (Å²) < 4.78 is 6.91. The monoisotopic (exact) mass is 375 g/mol. The van der Waals surface area contributed by atoms with Gasteiger partial charge in [-0.05, 0) is 39.5 Å². The van der Waals surface area contributed by atoms with E-state index in [2.05, 4.69) is 93.6 Å². The summed E-state index contributed by atoms with van der Waals surface area (Å²) in [6, 6.07) is 29.6. The Morgan fingerprint density at radius 1 is 0.741 bits per heavy atom. The summed E-state index contributed by atoms with van der Waals surface area (Å²) in [7, 11) is -2.44. The molecule has 0 aliphatic rings. The number of hydrogen-bond donors (Lipinski definition) is 1. The van der Waals surface area contributed by atoms with Crippen LogP contribution in [0, 0.1) is 0 Å². The van der Waals surface area contributed by atoms with Gasteiger partial charge in [0.2, 0.25) is 0 Å². The first-order valence-electron chi connectivity index (χ1n) is 9.53. The summed E-state index contributed by atoms with van der Waals surface area (Å²) in [5, 5.41) is 2.65. The Balaban J connectivity index is 1.97. The molecule has 0 radical (unpaired) electrons. The average Bonchev–Trinajstić information content (AvgIpc) is 2.67. The number of hydrogen-bond acceptors (Lipinski definition) is 2. The van der Waals surface area contributed by atoms with Crippen LogP contribution < -0.4 is 16.1 Å². The molecular formula is C24H29NOSi. The van der Waals surface area contributed by atoms with Gasteiger partial charge in [0.1, 0.15) is 0 Å². The third-order valence-corrected chi connectivity index (χ3v) is 10.1. The first-order chi connectivity index (χ1) is 12.9. The lowest BCUT2D eigenvalue weighted by Crippen LogP contribution is -2.66. The van der Waals surface area contributed by atoms with Gasteiger partial charge in [0.15, 0.2) is 0 Å². The zero-order valence-corrected chi connectivity index (χ0v) is 17.5. The molecule has 2 nitrogen and oxygen atoms in total. The summed E-state index contributed by atoms with van der Waals surface area (Å²) >= 11 is 0. The predicted octanol–water partition coefficient (Wildman–Crippen LogP) is 4.39. The Labute approximate surface area is 164 Å². The maximum atomic E-state index is 6.91. The SMILES string of the molecule is CC(C)(C)[Si](OCCc1ccc(N)cc1)(c1ccccc1)c1ccccc1. The zero-order valence-electron chi connectivity index (χ0n) is 16.5. The highest BCUT2D eigenvalue weighted by Gasteiger charge is 2.49. The van der Waals surface area contributed by atoms with Crippen molar-refractivity contribution in [3.63, 3.8) is 0 Å². The van der Waals surface area contributed by atoms with Crippen molar-refractivity contribution in [3.8, 4) is 0 Å². The molecule has 2 N–H and O–H groups in total. The van der Waals surface area contributed by atoms with E-state index in [4.69, 9.17) is 10.2 Å². The second-order valence-electron chi connectivity index (χ2n) is 8.00. The van der Waals surface area contributed by atoms with E-state index >= 15 is 0 Å². The number of rotatable bonds is 6. The molecule has 0 aliphatic carbocycles. The zero-order chi connectivity index (χ0) is 19.3. The molecular weight excluding hydrogens is 346 g/mol. The van der Waals surface area contributed by atoms with Crippen molar-refractivity contribution >= 4 is 24.4 Å². The highest BCUT2D eigenvalue weighted by Crippen LogP contribution is 2.36. The van der Waals surface area contributed by atoms with Crippen LogP contribution in [-0.2, 0) is 10.8 Å². The molecule has 0 aliphatic heterocycles. The van der Waals surface area contributed by atoms with Gasteiger partial charge in [0.25, 0.3) is 8.32 Å². The summed E-state index contributed by atoms with van der Waals surface area (Å²) in [6.45, 7) is 7.62. The molecule has 3 heteroatoms. The van der Waals surface area contributed by atoms with Crippen LogP contribution in [0.1, 0.15) is 26.3 Å². The molecule has 0 atom stereocenters. The van der Waals surface area contributed by atoms with E-state index < -0.39 is 8.32 Å².